The molecule has 5 rings (SSSR count). The van der Waals surface area contributed by atoms with E-state index in [1.54, 1.807) is 0 Å². The summed E-state index contributed by atoms with van der Waals surface area (Å²) in [6.45, 7) is 19.1. The number of allylic oxidation sites excluding steroid dienone is 2. The highest BCUT2D eigenvalue weighted by molar-refractivity contribution is 6.37. The van der Waals surface area contributed by atoms with Gasteiger partial charge in [-0.1, -0.05) is 55.4 Å². The largest absolute Gasteiger partial charge is 0.475 e. The maximum Gasteiger partial charge on any atom is 0.373 e. The van der Waals surface area contributed by atoms with Gasteiger partial charge >= 0.3 is 5.97 Å². The van der Waals surface area contributed by atoms with Crippen molar-refractivity contribution in [3.05, 3.63) is 11.1 Å². The molecular formula is C32H48O4. The zero-order valence-corrected chi connectivity index (χ0v) is 23.9. The van der Waals surface area contributed by atoms with Crippen LogP contribution in [0.1, 0.15) is 113 Å². The first kappa shape index (κ1) is 26.2. The minimum absolute atomic E-state index is 0.0118. The summed E-state index contributed by atoms with van der Waals surface area (Å²) in [6.07, 6.45) is 8.54. The maximum absolute atomic E-state index is 13.4. The average Bonchev–Trinajstić information content (AvgIpc) is 3.09. The van der Waals surface area contributed by atoms with E-state index in [2.05, 4.69) is 41.5 Å². The second-order valence-corrected chi connectivity index (χ2v) is 15.2. The molecule has 0 saturated heterocycles. The molecule has 8 atom stereocenters. The van der Waals surface area contributed by atoms with Crippen LogP contribution >= 0.6 is 0 Å². The number of ketones is 2. The van der Waals surface area contributed by atoms with Gasteiger partial charge in [-0.3, -0.25) is 9.59 Å². The Kier molecular flexibility index (Phi) is 5.66. The van der Waals surface area contributed by atoms with E-state index in [1.807, 2.05) is 13.8 Å². The van der Waals surface area contributed by atoms with Crippen LogP contribution in [0.2, 0.25) is 0 Å². The molecule has 4 saturated carbocycles. The molecule has 0 aromatic rings. The number of hydrogen-bond acceptors (Lipinski definition) is 3. The van der Waals surface area contributed by atoms with Crippen molar-refractivity contribution in [1.82, 2.24) is 0 Å². The van der Waals surface area contributed by atoms with E-state index in [-0.39, 0.29) is 34.9 Å². The van der Waals surface area contributed by atoms with Gasteiger partial charge in [0.25, 0.3) is 0 Å². The Hall–Kier alpha value is -1.45. The van der Waals surface area contributed by atoms with Gasteiger partial charge in [-0.2, -0.15) is 0 Å². The molecule has 4 nitrogen and oxygen atoms in total. The number of carbonyl (C=O) groups excluding carboxylic acids is 2. The SMILES string of the molecule is CC(C)C1=C2[C@H]3CC[C@@H]4[C@@]5(C)CC[C@H](C)C(C)(C)[C@@H]5CC[C@@]4(C)[C@]3(C)CC[C@@]2(C(=O)C(=O)O)CC1=O. The van der Waals surface area contributed by atoms with Crippen molar-refractivity contribution in [2.75, 3.05) is 0 Å². The summed E-state index contributed by atoms with van der Waals surface area (Å²) in [6, 6.07) is 0. The quantitative estimate of drug-likeness (QED) is 0.418. The highest BCUT2D eigenvalue weighted by Crippen LogP contribution is 2.77. The summed E-state index contributed by atoms with van der Waals surface area (Å²) in [4.78, 5) is 38.8. The van der Waals surface area contributed by atoms with Crippen molar-refractivity contribution >= 4 is 17.5 Å². The van der Waals surface area contributed by atoms with Gasteiger partial charge in [-0.15, -0.1) is 0 Å². The number of fused-ring (bicyclic) bond motifs is 7. The standard InChI is InChI=1S/C32H48O4/c1-18(2)24-21(33)17-32(26(34)27(35)36)16-15-30(7)20(25(24)32)9-10-23-29(6)13-11-19(3)28(4,5)22(29)12-14-31(23,30)8/h18-20,22-23H,9-17H2,1-8H3,(H,35,36)/t19-,20+,22-,23+,29-,30+,31+,32+/m0/s1. The number of Topliss-reactive ketones (excluding diaryl/α,β-unsaturated/α-hetero) is 2. The normalized spacial score (nSPS) is 47.6. The van der Waals surface area contributed by atoms with Gasteiger partial charge in [-0.05, 0) is 114 Å². The van der Waals surface area contributed by atoms with Crippen LogP contribution in [-0.2, 0) is 14.4 Å². The Morgan fingerprint density at radius 1 is 0.861 bits per heavy atom. The minimum Gasteiger partial charge on any atom is -0.475 e. The fourth-order valence-electron chi connectivity index (χ4n) is 11.3. The molecular weight excluding hydrogens is 448 g/mol. The molecule has 0 radical (unpaired) electrons. The van der Waals surface area contributed by atoms with Crippen LogP contribution in [0.3, 0.4) is 0 Å². The predicted octanol–water partition coefficient (Wildman–Crippen LogP) is 7.26. The third-order valence-electron chi connectivity index (χ3n) is 13.6. The van der Waals surface area contributed by atoms with E-state index in [1.165, 1.54) is 25.7 Å². The van der Waals surface area contributed by atoms with Crippen LogP contribution < -0.4 is 0 Å². The van der Waals surface area contributed by atoms with Crippen molar-refractivity contribution < 1.29 is 19.5 Å². The number of rotatable bonds is 3. The minimum atomic E-state index is -1.37. The first-order chi connectivity index (χ1) is 16.6. The zero-order valence-electron chi connectivity index (χ0n) is 23.9. The molecule has 0 amide bonds. The van der Waals surface area contributed by atoms with E-state index in [4.69, 9.17) is 0 Å². The lowest BCUT2D eigenvalue weighted by atomic mass is 9.32. The Bertz CT molecular complexity index is 1050. The van der Waals surface area contributed by atoms with Crippen LogP contribution in [-0.4, -0.2) is 22.6 Å². The molecule has 5 aliphatic rings. The maximum atomic E-state index is 13.4. The fourth-order valence-corrected chi connectivity index (χ4v) is 11.3. The number of carboxylic acids is 1. The molecule has 5 aliphatic carbocycles. The highest BCUT2D eigenvalue weighted by atomic mass is 16.4. The predicted molar refractivity (Wildman–Crippen MR) is 141 cm³/mol. The van der Waals surface area contributed by atoms with Gasteiger partial charge in [0, 0.05) is 6.42 Å². The van der Waals surface area contributed by atoms with E-state index in [0.717, 1.165) is 42.2 Å². The van der Waals surface area contributed by atoms with Gasteiger partial charge in [-0.25, -0.2) is 4.79 Å². The summed E-state index contributed by atoms with van der Waals surface area (Å²) < 4.78 is 0. The lowest BCUT2D eigenvalue weighted by molar-refractivity contribution is -0.219. The summed E-state index contributed by atoms with van der Waals surface area (Å²) >= 11 is 0. The Morgan fingerprint density at radius 3 is 2.14 bits per heavy atom. The lowest BCUT2D eigenvalue weighted by Gasteiger charge is -2.72. The second-order valence-electron chi connectivity index (χ2n) is 15.2. The highest BCUT2D eigenvalue weighted by Gasteiger charge is 2.70. The first-order valence-corrected chi connectivity index (χ1v) is 14.6. The molecule has 36 heavy (non-hydrogen) atoms. The van der Waals surface area contributed by atoms with Gasteiger partial charge in [0.05, 0.1) is 5.41 Å². The Balaban J connectivity index is 1.63. The van der Waals surface area contributed by atoms with Crippen LogP contribution in [0.25, 0.3) is 0 Å². The molecule has 1 N–H and O–H groups in total. The smallest absolute Gasteiger partial charge is 0.373 e. The topological polar surface area (TPSA) is 71.4 Å². The summed E-state index contributed by atoms with van der Waals surface area (Å²) in [5, 5.41) is 9.84. The van der Waals surface area contributed by atoms with Crippen LogP contribution in [0.5, 0.6) is 0 Å². The van der Waals surface area contributed by atoms with E-state index >= 15 is 0 Å². The third kappa shape index (κ3) is 2.96. The Morgan fingerprint density at radius 2 is 1.53 bits per heavy atom. The van der Waals surface area contributed by atoms with Gasteiger partial charge in [0.1, 0.15) is 0 Å². The van der Waals surface area contributed by atoms with Crippen molar-refractivity contribution in [2.24, 2.45) is 56.7 Å². The van der Waals surface area contributed by atoms with Gasteiger partial charge in [0.2, 0.25) is 5.78 Å². The molecule has 0 unspecified atom stereocenters. The van der Waals surface area contributed by atoms with E-state index < -0.39 is 17.2 Å². The molecule has 0 heterocycles. The van der Waals surface area contributed by atoms with Gasteiger partial charge < -0.3 is 5.11 Å². The van der Waals surface area contributed by atoms with Crippen molar-refractivity contribution in [1.29, 1.82) is 0 Å². The average molecular weight is 497 g/mol. The number of aliphatic carboxylic acids is 1. The number of carbonyl (C=O) groups is 3. The zero-order chi connectivity index (χ0) is 26.6. The molecule has 0 aromatic carbocycles. The van der Waals surface area contributed by atoms with Crippen LogP contribution in [0, 0.1) is 56.7 Å². The number of carboxylic acid groups (broad SMARTS) is 1. The monoisotopic (exact) mass is 496 g/mol. The van der Waals surface area contributed by atoms with E-state index in [9.17, 15) is 19.5 Å². The molecule has 4 fully saturated rings. The second kappa shape index (κ2) is 7.79. The first-order valence-electron chi connectivity index (χ1n) is 14.6. The molecule has 0 aliphatic heterocycles. The van der Waals surface area contributed by atoms with Crippen molar-refractivity contribution in [3.63, 3.8) is 0 Å². The van der Waals surface area contributed by atoms with Crippen LogP contribution in [0.15, 0.2) is 11.1 Å². The lowest BCUT2D eigenvalue weighted by Crippen LogP contribution is -2.65. The van der Waals surface area contributed by atoms with Crippen molar-refractivity contribution in [3.8, 4) is 0 Å². The Labute approximate surface area is 218 Å². The fraction of sp³-hybridized carbons (Fsp3) is 0.844. The molecule has 200 valence electrons. The summed E-state index contributed by atoms with van der Waals surface area (Å²) in [5.74, 6) is 0.126. The molecule has 0 aromatic heterocycles. The van der Waals surface area contributed by atoms with Crippen LogP contribution in [0.4, 0.5) is 0 Å². The molecule has 0 spiro atoms. The summed E-state index contributed by atoms with van der Waals surface area (Å²) in [5.41, 5.74) is 1.37. The van der Waals surface area contributed by atoms with Gasteiger partial charge in [0.15, 0.2) is 5.78 Å². The third-order valence-corrected chi connectivity index (χ3v) is 13.6. The van der Waals surface area contributed by atoms with E-state index in [0.29, 0.717) is 23.2 Å². The molecule has 0 bridgehead atoms. The summed E-state index contributed by atoms with van der Waals surface area (Å²) in [7, 11) is 0. The van der Waals surface area contributed by atoms with Crippen molar-refractivity contribution in [2.45, 2.75) is 113 Å². The molecule has 4 heteroatoms. The number of hydrogen-bond donors (Lipinski definition) is 1.